The monoisotopic (exact) mass is 292 g/mol. The number of benzene rings is 1. The first-order valence-corrected chi connectivity index (χ1v) is 6.61. The maximum atomic E-state index is 11.9. The van der Waals surface area contributed by atoms with Crippen molar-refractivity contribution in [3.63, 3.8) is 0 Å². The maximum Gasteiger partial charge on any atom is 0.339 e. The fraction of sp³-hybridized carbons (Fsp3) is 0.357. The van der Waals surface area contributed by atoms with E-state index < -0.39 is 12.1 Å². The number of rotatable bonds is 3. The summed E-state index contributed by atoms with van der Waals surface area (Å²) in [5.74, 6) is -0.619. The molecular weight excluding hydrogens is 280 g/mol. The molecule has 0 bridgehead atoms. The van der Waals surface area contributed by atoms with Crippen LogP contribution in [0.3, 0.4) is 0 Å². The van der Waals surface area contributed by atoms with E-state index >= 15 is 0 Å². The summed E-state index contributed by atoms with van der Waals surface area (Å²) in [5.41, 5.74) is 0.777. The zero-order chi connectivity index (χ0) is 14.7. The number of anilines is 1. The smallest absolute Gasteiger partial charge is 0.339 e. The number of nitrogens with zero attached hydrogens (tertiary/aromatic N) is 2. The quantitative estimate of drug-likeness (QED) is 0.803. The van der Waals surface area contributed by atoms with E-state index in [-0.39, 0.29) is 11.5 Å². The summed E-state index contributed by atoms with van der Waals surface area (Å²) in [4.78, 5) is 25.2. The van der Waals surface area contributed by atoms with Crippen molar-refractivity contribution < 1.29 is 14.3 Å². The van der Waals surface area contributed by atoms with E-state index in [9.17, 15) is 9.59 Å². The van der Waals surface area contributed by atoms with Crippen LogP contribution in [0.15, 0.2) is 18.2 Å². The van der Waals surface area contributed by atoms with Gasteiger partial charge in [0.15, 0.2) is 6.10 Å². The van der Waals surface area contributed by atoms with Crippen LogP contribution < -0.4 is 4.90 Å². The van der Waals surface area contributed by atoms with Crippen molar-refractivity contribution in [1.82, 2.24) is 0 Å². The minimum Gasteiger partial charge on any atom is -0.444 e. The molecule has 104 valence electrons. The zero-order valence-electron chi connectivity index (χ0n) is 10.9. The molecule has 1 fully saturated rings. The molecule has 1 aliphatic rings. The second-order valence-electron chi connectivity index (χ2n) is 4.49. The van der Waals surface area contributed by atoms with Crippen molar-refractivity contribution in [2.45, 2.75) is 25.9 Å². The molecule has 1 amide bonds. The molecule has 0 aromatic heterocycles. The number of ether oxygens (including phenoxy) is 1. The van der Waals surface area contributed by atoms with Crippen LogP contribution >= 0.6 is 11.6 Å². The summed E-state index contributed by atoms with van der Waals surface area (Å²) >= 11 is 6.08. The first-order valence-electron chi connectivity index (χ1n) is 6.23. The van der Waals surface area contributed by atoms with Crippen LogP contribution in [0.5, 0.6) is 0 Å². The molecule has 0 spiro atoms. The van der Waals surface area contributed by atoms with Crippen LogP contribution in [-0.4, -0.2) is 24.5 Å². The number of carbonyl (C=O) groups is 2. The Labute approximate surface area is 121 Å². The van der Waals surface area contributed by atoms with E-state index in [0.717, 1.165) is 6.42 Å². The largest absolute Gasteiger partial charge is 0.444 e. The Morgan fingerprint density at radius 1 is 1.55 bits per heavy atom. The normalized spacial score (nSPS) is 15.8. The third kappa shape index (κ3) is 2.91. The summed E-state index contributed by atoms with van der Waals surface area (Å²) in [6.07, 6.45) is 0.432. The molecule has 1 aromatic carbocycles. The highest BCUT2D eigenvalue weighted by Gasteiger charge is 2.24. The molecule has 6 heteroatoms. The lowest BCUT2D eigenvalue weighted by molar-refractivity contribution is -0.117. The fourth-order valence-electron chi connectivity index (χ4n) is 2.00. The molecule has 1 aliphatic heterocycles. The summed E-state index contributed by atoms with van der Waals surface area (Å²) in [5, 5.41) is 9.04. The molecule has 0 unspecified atom stereocenters. The summed E-state index contributed by atoms with van der Waals surface area (Å²) in [6.45, 7) is 2.07. The lowest BCUT2D eigenvalue weighted by Crippen LogP contribution is -2.24. The highest BCUT2D eigenvalue weighted by Crippen LogP contribution is 2.30. The summed E-state index contributed by atoms with van der Waals surface area (Å²) in [6, 6.07) is 6.41. The Bertz CT molecular complexity index is 595. The van der Waals surface area contributed by atoms with Crippen molar-refractivity contribution in [3.05, 3.63) is 28.8 Å². The number of hydrogen-bond donors (Lipinski definition) is 0. The topological polar surface area (TPSA) is 70.4 Å². The molecule has 0 saturated carbocycles. The van der Waals surface area contributed by atoms with Crippen LogP contribution in [0.4, 0.5) is 5.69 Å². The van der Waals surface area contributed by atoms with Gasteiger partial charge in [-0.05, 0) is 31.5 Å². The average molecular weight is 293 g/mol. The molecule has 1 aromatic rings. The van der Waals surface area contributed by atoms with Gasteiger partial charge in [-0.25, -0.2) is 4.79 Å². The highest BCUT2D eigenvalue weighted by molar-refractivity contribution is 6.34. The van der Waals surface area contributed by atoms with Crippen molar-refractivity contribution >= 4 is 29.2 Å². The zero-order valence-corrected chi connectivity index (χ0v) is 11.7. The van der Waals surface area contributed by atoms with Gasteiger partial charge >= 0.3 is 5.97 Å². The average Bonchev–Trinajstić information content (AvgIpc) is 2.85. The van der Waals surface area contributed by atoms with E-state index in [1.54, 1.807) is 11.0 Å². The first kappa shape index (κ1) is 14.4. The molecule has 2 rings (SSSR count). The van der Waals surface area contributed by atoms with Gasteiger partial charge in [0.05, 0.1) is 16.3 Å². The molecule has 1 atom stereocenters. The van der Waals surface area contributed by atoms with Gasteiger partial charge in [-0.2, -0.15) is 5.26 Å². The number of nitriles is 1. The lowest BCUT2D eigenvalue weighted by atomic mass is 10.2. The number of carbonyl (C=O) groups excluding carboxylic acids is 2. The maximum absolute atomic E-state index is 11.9. The van der Waals surface area contributed by atoms with Crippen molar-refractivity contribution in [2.24, 2.45) is 0 Å². The van der Waals surface area contributed by atoms with Gasteiger partial charge < -0.3 is 9.64 Å². The Morgan fingerprint density at radius 2 is 2.30 bits per heavy atom. The highest BCUT2D eigenvalue weighted by atomic mass is 35.5. The van der Waals surface area contributed by atoms with Gasteiger partial charge in [-0.15, -0.1) is 0 Å². The molecular formula is C14H13ClN2O3. The van der Waals surface area contributed by atoms with E-state index in [4.69, 9.17) is 21.6 Å². The minimum atomic E-state index is -0.824. The second-order valence-corrected chi connectivity index (χ2v) is 4.90. The Kier molecular flexibility index (Phi) is 4.26. The van der Waals surface area contributed by atoms with Crippen molar-refractivity contribution in [1.29, 1.82) is 5.26 Å². The van der Waals surface area contributed by atoms with Crippen LogP contribution in [0.1, 0.15) is 30.1 Å². The van der Waals surface area contributed by atoms with E-state index in [1.807, 2.05) is 6.07 Å². The van der Waals surface area contributed by atoms with Crippen LogP contribution in [0.2, 0.25) is 5.02 Å². The third-order valence-corrected chi connectivity index (χ3v) is 3.33. The SMILES string of the molecule is C[C@H](C#N)OC(=O)c1ccc(Cl)c(N2CCCC2=O)c1. The van der Waals surface area contributed by atoms with Crippen molar-refractivity contribution in [2.75, 3.05) is 11.4 Å². The van der Waals surface area contributed by atoms with Crippen LogP contribution in [0.25, 0.3) is 0 Å². The van der Waals surface area contributed by atoms with E-state index in [1.165, 1.54) is 19.1 Å². The van der Waals surface area contributed by atoms with E-state index in [2.05, 4.69) is 0 Å². The lowest BCUT2D eigenvalue weighted by Gasteiger charge is -2.18. The molecule has 20 heavy (non-hydrogen) atoms. The first-order chi connectivity index (χ1) is 9.52. The van der Waals surface area contributed by atoms with Crippen LogP contribution in [0, 0.1) is 11.3 Å². The van der Waals surface area contributed by atoms with Gasteiger partial charge in [0.25, 0.3) is 0 Å². The van der Waals surface area contributed by atoms with Gasteiger partial charge in [0, 0.05) is 13.0 Å². The Morgan fingerprint density at radius 3 is 2.90 bits per heavy atom. The number of halogens is 1. The molecule has 0 radical (unpaired) electrons. The second kappa shape index (κ2) is 5.93. The van der Waals surface area contributed by atoms with Gasteiger partial charge in [-0.1, -0.05) is 11.6 Å². The van der Waals surface area contributed by atoms with Crippen LogP contribution in [-0.2, 0) is 9.53 Å². The van der Waals surface area contributed by atoms with E-state index in [0.29, 0.717) is 23.7 Å². The van der Waals surface area contributed by atoms with Gasteiger partial charge in [0.2, 0.25) is 5.91 Å². The minimum absolute atomic E-state index is 0.0113. The predicted molar refractivity (Wildman–Crippen MR) is 73.5 cm³/mol. The molecule has 1 saturated heterocycles. The van der Waals surface area contributed by atoms with Crippen molar-refractivity contribution in [3.8, 4) is 6.07 Å². The van der Waals surface area contributed by atoms with Gasteiger partial charge in [-0.3, -0.25) is 4.79 Å². The standard InChI is InChI=1S/C14H13ClN2O3/c1-9(8-16)20-14(19)10-4-5-11(15)12(7-10)17-6-2-3-13(17)18/h4-5,7,9H,2-3,6H2,1H3/t9-/m1/s1. The predicted octanol–water partition coefficient (Wildman–Crippen LogP) is 2.54. The number of amides is 1. The summed E-state index contributed by atoms with van der Waals surface area (Å²) in [7, 11) is 0. The number of esters is 1. The third-order valence-electron chi connectivity index (χ3n) is 3.01. The molecule has 1 heterocycles. The Hall–Kier alpha value is -2.06. The van der Waals surface area contributed by atoms with Gasteiger partial charge in [0.1, 0.15) is 6.07 Å². The molecule has 5 nitrogen and oxygen atoms in total. The summed E-state index contributed by atoms with van der Waals surface area (Å²) < 4.78 is 4.92. The Balaban J connectivity index is 2.27. The molecule has 0 aliphatic carbocycles. The fourth-order valence-corrected chi connectivity index (χ4v) is 2.22. The molecule has 0 N–H and O–H groups in total. The number of hydrogen-bond acceptors (Lipinski definition) is 4.